The first-order valence-electron chi connectivity index (χ1n) is 16.3. The van der Waals surface area contributed by atoms with Crippen molar-refractivity contribution in [3.8, 4) is 17.2 Å². The molecule has 1 aliphatic rings. The van der Waals surface area contributed by atoms with Gasteiger partial charge in [-0.3, -0.25) is 24.0 Å². The fourth-order valence-corrected chi connectivity index (χ4v) is 5.00. The highest BCUT2D eigenvalue weighted by molar-refractivity contribution is 5.88. The van der Waals surface area contributed by atoms with Crippen LogP contribution in [0.5, 0.6) is 17.2 Å². The summed E-state index contributed by atoms with van der Waals surface area (Å²) >= 11 is 0. The van der Waals surface area contributed by atoms with Gasteiger partial charge in [-0.2, -0.15) is 0 Å². The van der Waals surface area contributed by atoms with Gasteiger partial charge in [-0.05, 0) is 51.8 Å². The molecule has 1 aromatic carbocycles. The molecule has 1 aromatic heterocycles. The van der Waals surface area contributed by atoms with Gasteiger partial charge in [-0.15, -0.1) is 0 Å². The summed E-state index contributed by atoms with van der Waals surface area (Å²) in [5.74, 6) is -4.18. The number of carbonyl (C=O) groups is 5. The van der Waals surface area contributed by atoms with Crippen LogP contribution in [0.4, 0.5) is 0 Å². The van der Waals surface area contributed by atoms with E-state index in [4.69, 9.17) is 42.3 Å². The lowest BCUT2D eigenvalue weighted by molar-refractivity contribution is -0.288. The highest BCUT2D eigenvalue weighted by Gasteiger charge is 2.53. The third kappa shape index (κ3) is 12.0. The molecule has 1 aliphatic heterocycles. The molecule has 5 atom stereocenters. The van der Waals surface area contributed by atoms with Gasteiger partial charge in [0.1, 0.15) is 30.7 Å². The Bertz CT molecular complexity index is 1710. The maximum Gasteiger partial charge on any atom is 0.383 e. The summed E-state index contributed by atoms with van der Waals surface area (Å²) in [6.45, 7) is 11.6. The summed E-state index contributed by atoms with van der Waals surface area (Å²) in [7, 11) is 0. The van der Waals surface area contributed by atoms with Gasteiger partial charge in [0.25, 0.3) is 5.75 Å². The van der Waals surface area contributed by atoms with E-state index in [-0.39, 0.29) is 35.5 Å². The van der Waals surface area contributed by atoms with E-state index in [9.17, 15) is 28.8 Å². The fourth-order valence-electron chi connectivity index (χ4n) is 5.00. The maximum atomic E-state index is 13.1. The summed E-state index contributed by atoms with van der Waals surface area (Å²) in [5, 5.41) is 0.262. The second-order valence-corrected chi connectivity index (χ2v) is 11.9. The molecule has 51 heavy (non-hydrogen) atoms. The molecule has 0 spiro atoms. The van der Waals surface area contributed by atoms with Crippen LogP contribution in [0.25, 0.3) is 11.0 Å². The van der Waals surface area contributed by atoms with Crippen LogP contribution in [0, 0.1) is 0 Å². The van der Waals surface area contributed by atoms with Gasteiger partial charge in [0.2, 0.25) is 12.4 Å². The monoisotopic (exact) mass is 716 g/mol. The van der Waals surface area contributed by atoms with Crippen molar-refractivity contribution in [1.29, 1.82) is 0 Å². The predicted molar refractivity (Wildman–Crippen MR) is 179 cm³/mol. The van der Waals surface area contributed by atoms with Crippen LogP contribution in [0.3, 0.4) is 0 Å². The van der Waals surface area contributed by atoms with Gasteiger partial charge in [0.05, 0.1) is 5.39 Å². The zero-order valence-electron chi connectivity index (χ0n) is 29.9. The van der Waals surface area contributed by atoms with E-state index in [1.54, 1.807) is 6.92 Å². The van der Waals surface area contributed by atoms with E-state index in [1.807, 2.05) is 26.8 Å². The fraction of sp³-hybridized carbons (Fsp3) is 0.500. The Morgan fingerprint density at radius 1 is 0.804 bits per heavy atom. The van der Waals surface area contributed by atoms with Gasteiger partial charge in [-0.25, -0.2) is 4.79 Å². The third-order valence-corrected chi connectivity index (χ3v) is 7.25. The first-order chi connectivity index (χ1) is 24.1. The van der Waals surface area contributed by atoms with Gasteiger partial charge in [0.15, 0.2) is 18.0 Å². The molecule has 0 saturated carbocycles. The van der Waals surface area contributed by atoms with Crippen molar-refractivity contribution in [3.63, 3.8) is 0 Å². The average Bonchev–Trinajstić information content (AvgIpc) is 3.03. The van der Waals surface area contributed by atoms with Crippen molar-refractivity contribution in [2.75, 3.05) is 13.2 Å². The number of ether oxygens (including phenoxy) is 8. The lowest BCUT2D eigenvalue weighted by atomic mass is 9.98. The summed E-state index contributed by atoms with van der Waals surface area (Å²) < 4.78 is 50.2. The van der Waals surface area contributed by atoms with Gasteiger partial charge >= 0.3 is 35.5 Å². The summed E-state index contributed by atoms with van der Waals surface area (Å²) in [4.78, 5) is 73.4. The SMILES string of the molecule is CCC(=O)Oc1c(OC/C=C(\C)CCC=C(C)C)c2ccc(O[C@@H]3O[C@H](COC(C)=O)[C@@H](OC(C)=O)[C@H](OC(C)=O)[C@H]3OC(C)=O)cc2oc1=O. The Morgan fingerprint density at radius 3 is 2.06 bits per heavy atom. The lowest BCUT2D eigenvalue weighted by Crippen LogP contribution is -2.63. The highest BCUT2D eigenvalue weighted by Crippen LogP contribution is 2.37. The molecule has 0 amide bonds. The zero-order chi connectivity index (χ0) is 37.8. The van der Waals surface area contributed by atoms with E-state index in [2.05, 4.69) is 6.08 Å². The van der Waals surface area contributed by atoms with Crippen molar-refractivity contribution < 1.29 is 66.3 Å². The van der Waals surface area contributed by atoms with Crippen LogP contribution in [-0.2, 0) is 47.7 Å². The second kappa shape index (κ2) is 18.7. The highest BCUT2D eigenvalue weighted by atomic mass is 16.7. The molecule has 15 heteroatoms. The number of benzene rings is 1. The molecule has 278 valence electrons. The Kier molecular flexibility index (Phi) is 14.8. The molecule has 3 rings (SSSR count). The number of hydrogen-bond acceptors (Lipinski definition) is 15. The minimum Gasteiger partial charge on any atom is -0.485 e. The molecule has 0 bridgehead atoms. The van der Waals surface area contributed by atoms with E-state index in [0.717, 1.165) is 46.1 Å². The van der Waals surface area contributed by atoms with Crippen LogP contribution in [0.2, 0.25) is 0 Å². The van der Waals surface area contributed by atoms with E-state index < -0.39 is 78.5 Å². The topological polar surface area (TPSA) is 189 Å². The standard InChI is InChI=1S/C36H44O15/c1-9-29(41)51-33-30(43-16-15-20(4)12-10-11-19(2)3)26-14-13-25(17-27(26)49-35(33)42)48-36-34(47-24(8)40)32(46-23(7)39)31(45-22(6)38)28(50-36)18-44-21(5)37/h11,13-15,17,28,31-32,34,36H,9-10,12,16,18H2,1-8H3/b20-15+/t28-,31-,32+,34-,36-/m1/s1. The van der Waals surface area contributed by atoms with Crippen LogP contribution in [-0.4, -0.2) is 73.8 Å². The molecule has 1 fully saturated rings. The van der Waals surface area contributed by atoms with Crippen molar-refractivity contribution in [3.05, 3.63) is 51.9 Å². The molecule has 0 radical (unpaired) electrons. The average molecular weight is 717 g/mol. The zero-order valence-corrected chi connectivity index (χ0v) is 29.9. The molecule has 2 heterocycles. The molecule has 0 N–H and O–H groups in total. The molecule has 15 nitrogen and oxygen atoms in total. The first kappa shape index (κ1) is 40.3. The van der Waals surface area contributed by atoms with Gasteiger partial charge in [0, 0.05) is 40.2 Å². The molecule has 0 unspecified atom stereocenters. The Balaban J connectivity index is 2.05. The van der Waals surface area contributed by atoms with Crippen LogP contribution in [0.1, 0.15) is 74.7 Å². The predicted octanol–water partition coefficient (Wildman–Crippen LogP) is 4.64. The molecule has 0 aliphatic carbocycles. The van der Waals surface area contributed by atoms with Crippen LogP contribution < -0.4 is 19.8 Å². The van der Waals surface area contributed by atoms with Crippen molar-refractivity contribution in [2.45, 2.75) is 105 Å². The third-order valence-electron chi connectivity index (χ3n) is 7.25. The number of fused-ring (bicyclic) bond motifs is 1. The quantitative estimate of drug-likeness (QED) is 0.107. The molecular formula is C36H44O15. The Labute approximate surface area is 294 Å². The smallest absolute Gasteiger partial charge is 0.383 e. The maximum absolute atomic E-state index is 13.1. The van der Waals surface area contributed by atoms with Gasteiger partial charge < -0.3 is 42.3 Å². The van der Waals surface area contributed by atoms with Crippen LogP contribution in [0.15, 0.2) is 50.7 Å². The van der Waals surface area contributed by atoms with Crippen LogP contribution >= 0.6 is 0 Å². The Hall–Kier alpha value is -5.18. The van der Waals surface area contributed by atoms with Crippen molar-refractivity contribution >= 4 is 40.8 Å². The molecular weight excluding hydrogens is 672 g/mol. The second-order valence-electron chi connectivity index (χ2n) is 11.9. The van der Waals surface area contributed by atoms with E-state index in [1.165, 1.54) is 23.8 Å². The minimum atomic E-state index is -1.53. The number of allylic oxidation sites excluding steroid dienone is 3. The number of carbonyl (C=O) groups excluding carboxylic acids is 5. The lowest BCUT2D eigenvalue weighted by Gasteiger charge is -2.43. The first-order valence-corrected chi connectivity index (χ1v) is 16.3. The molecule has 1 saturated heterocycles. The summed E-state index contributed by atoms with van der Waals surface area (Å²) in [5.41, 5.74) is 1.24. The molecule has 2 aromatic rings. The summed E-state index contributed by atoms with van der Waals surface area (Å²) in [6.07, 6.45) is -1.49. The number of hydrogen-bond donors (Lipinski definition) is 0. The van der Waals surface area contributed by atoms with Gasteiger partial charge in [-0.1, -0.05) is 24.1 Å². The Morgan fingerprint density at radius 2 is 1.45 bits per heavy atom. The van der Waals surface area contributed by atoms with E-state index >= 15 is 0 Å². The normalized spacial score (nSPS) is 20.1. The number of rotatable bonds is 15. The largest absolute Gasteiger partial charge is 0.485 e. The summed E-state index contributed by atoms with van der Waals surface area (Å²) in [6, 6.07) is 4.27. The van der Waals surface area contributed by atoms with E-state index in [0.29, 0.717) is 0 Å². The number of esters is 5. The van der Waals surface area contributed by atoms with Crippen molar-refractivity contribution in [2.24, 2.45) is 0 Å². The minimum absolute atomic E-state index is 0.0109. The van der Waals surface area contributed by atoms with Crippen molar-refractivity contribution in [1.82, 2.24) is 0 Å².